The third-order valence-corrected chi connectivity index (χ3v) is 2.04. The molecule has 82 valence electrons. The van der Waals surface area contributed by atoms with E-state index in [1.54, 1.807) is 0 Å². The molecule has 0 aliphatic heterocycles. The first-order valence-corrected chi connectivity index (χ1v) is 4.75. The summed E-state index contributed by atoms with van der Waals surface area (Å²) in [5.74, 6) is -1.75. The van der Waals surface area contributed by atoms with Crippen molar-refractivity contribution in [3.63, 3.8) is 0 Å². The number of rotatable bonds is 4. The van der Waals surface area contributed by atoms with E-state index in [0.717, 1.165) is 17.7 Å². The predicted molar refractivity (Wildman–Crippen MR) is 55.5 cm³/mol. The Morgan fingerprint density at radius 3 is 2.60 bits per heavy atom. The Hall–Kier alpha value is -1.22. The monoisotopic (exact) mass is 212 g/mol. The molecule has 0 amide bonds. The van der Waals surface area contributed by atoms with Gasteiger partial charge in [-0.05, 0) is 37.5 Å². The molecule has 0 aromatic heterocycles. The largest absolute Gasteiger partial charge is 0.392 e. The number of hydrogen-bond acceptors (Lipinski definition) is 1. The third kappa shape index (κ3) is 3.80. The van der Waals surface area contributed by atoms with Crippen molar-refractivity contribution in [2.45, 2.75) is 25.9 Å². The molecular formula is C12H14F2O. The van der Waals surface area contributed by atoms with Crippen LogP contribution in [0.2, 0.25) is 0 Å². The average Bonchev–Trinajstić information content (AvgIpc) is 2.10. The normalized spacial score (nSPS) is 12.5. The maximum atomic E-state index is 12.8. The smallest absolute Gasteiger partial charge is 0.159 e. The average molecular weight is 212 g/mol. The first kappa shape index (κ1) is 11.9. The van der Waals surface area contributed by atoms with E-state index in [1.807, 2.05) is 6.92 Å². The van der Waals surface area contributed by atoms with E-state index in [0.29, 0.717) is 18.4 Å². The van der Waals surface area contributed by atoms with Crippen LogP contribution in [-0.4, -0.2) is 11.2 Å². The molecule has 0 bridgehead atoms. The Balaban J connectivity index is 2.64. The summed E-state index contributed by atoms with van der Waals surface area (Å²) < 4.78 is 25.4. The molecule has 0 heterocycles. The van der Waals surface area contributed by atoms with E-state index in [2.05, 4.69) is 6.58 Å². The first-order valence-electron chi connectivity index (χ1n) is 4.75. The SMILES string of the molecule is C=C(C)CC(O)Cc1ccc(F)c(F)c1. The molecule has 1 aromatic rings. The zero-order chi connectivity index (χ0) is 11.4. The van der Waals surface area contributed by atoms with Gasteiger partial charge >= 0.3 is 0 Å². The van der Waals surface area contributed by atoms with Crippen molar-refractivity contribution in [2.24, 2.45) is 0 Å². The molecule has 3 heteroatoms. The Morgan fingerprint density at radius 2 is 2.07 bits per heavy atom. The van der Waals surface area contributed by atoms with Crippen molar-refractivity contribution in [1.29, 1.82) is 0 Å². The van der Waals surface area contributed by atoms with Crippen LogP contribution in [0.25, 0.3) is 0 Å². The van der Waals surface area contributed by atoms with Crippen LogP contribution in [0, 0.1) is 11.6 Å². The second kappa shape index (κ2) is 5.03. The molecule has 0 fully saturated rings. The van der Waals surface area contributed by atoms with Gasteiger partial charge in [-0.2, -0.15) is 0 Å². The van der Waals surface area contributed by atoms with Gasteiger partial charge in [0, 0.05) is 0 Å². The van der Waals surface area contributed by atoms with Gasteiger partial charge < -0.3 is 5.11 Å². The van der Waals surface area contributed by atoms with Crippen molar-refractivity contribution in [3.05, 3.63) is 47.5 Å². The molecule has 1 unspecified atom stereocenters. The minimum atomic E-state index is -0.880. The molecule has 1 rings (SSSR count). The third-order valence-electron chi connectivity index (χ3n) is 2.04. The summed E-state index contributed by atoms with van der Waals surface area (Å²) in [6.45, 7) is 5.49. The Kier molecular flexibility index (Phi) is 3.97. The molecule has 1 N–H and O–H groups in total. The van der Waals surface area contributed by atoms with Gasteiger partial charge in [-0.25, -0.2) is 8.78 Å². The van der Waals surface area contributed by atoms with Crippen LogP contribution >= 0.6 is 0 Å². The van der Waals surface area contributed by atoms with E-state index in [-0.39, 0.29) is 0 Å². The summed E-state index contributed by atoms with van der Waals surface area (Å²) in [6.07, 6.45) is 0.190. The summed E-state index contributed by atoms with van der Waals surface area (Å²) in [6, 6.07) is 3.65. The summed E-state index contributed by atoms with van der Waals surface area (Å²) >= 11 is 0. The Bertz CT molecular complexity index is 361. The summed E-state index contributed by atoms with van der Waals surface area (Å²) in [5.41, 5.74) is 1.45. The van der Waals surface area contributed by atoms with E-state index in [4.69, 9.17) is 0 Å². The summed E-state index contributed by atoms with van der Waals surface area (Å²) in [4.78, 5) is 0. The zero-order valence-corrected chi connectivity index (χ0v) is 8.63. The highest BCUT2D eigenvalue weighted by molar-refractivity contribution is 5.18. The van der Waals surface area contributed by atoms with Gasteiger partial charge in [0.15, 0.2) is 11.6 Å². The fourth-order valence-electron chi connectivity index (χ4n) is 1.41. The molecule has 0 radical (unpaired) electrons. The van der Waals surface area contributed by atoms with Gasteiger partial charge in [-0.15, -0.1) is 6.58 Å². The highest BCUT2D eigenvalue weighted by Crippen LogP contribution is 2.13. The molecule has 0 saturated carbocycles. The van der Waals surface area contributed by atoms with Crippen LogP contribution in [0.15, 0.2) is 30.4 Å². The van der Waals surface area contributed by atoms with Crippen LogP contribution in [-0.2, 0) is 6.42 Å². The van der Waals surface area contributed by atoms with E-state index >= 15 is 0 Å². The van der Waals surface area contributed by atoms with E-state index < -0.39 is 17.7 Å². The van der Waals surface area contributed by atoms with Gasteiger partial charge in [-0.1, -0.05) is 11.6 Å². The maximum Gasteiger partial charge on any atom is 0.159 e. The summed E-state index contributed by atoms with van der Waals surface area (Å²) in [5, 5.41) is 9.56. The quantitative estimate of drug-likeness (QED) is 0.761. The minimum Gasteiger partial charge on any atom is -0.392 e. The fourth-order valence-corrected chi connectivity index (χ4v) is 1.41. The topological polar surface area (TPSA) is 20.2 Å². The molecule has 0 spiro atoms. The van der Waals surface area contributed by atoms with Gasteiger partial charge in [-0.3, -0.25) is 0 Å². The van der Waals surface area contributed by atoms with Crippen molar-refractivity contribution in [3.8, 4) is 0 Å². The van der Waals surface area contributed by atoms with Crippen LogP contribution in [0.3, 0.4) is 0 Å². The fraction of sp³-hybridized carbons (Fsp3) is 0.333. The molecule has 1 nitrogen and oxygen atoms in total. The lowest BCUT2D eigenvalue weighted by Gasteiger charge is -2.10. The number of aliphatic hydroxyl groups is 1. The van der Waals surface area contributed by atoms with Crippen molar-refractivity contribution in [1.82, 2.24) is 0 Å². The highest BCUT2D eigenvalue weighted by atomic mass is 19.2. The number of benzene rings is 1. The second-order valence-corrected chi connectivity index (χ2v) is 3.77. The van der Waals surface area contributed by atoms with Crippen molar-refractivity contribution < 1.29 is 13.9 Å². The lowest BCUT2D eigenvalue weighted by molar-refractivity contribution is 0.175. The van der Waals surface area contributed by atoms with Gasteiger partial charge in [0.25, 0.3) is 0 Å². The van der Waals surface area contributed by atoms with Gasteiger partial charge in [0.2, 0.25) is 0 Å². The molecule has 15 heavy (non-hydrogen) atoms. The first-order chi connectivity index (χ1) is 6.99. The van der Waals surface area contributed by atoms with Gasteiger partial charge in [0.1, 0.15) is 0 Å². The molecule has 0 aliphatic rings. The second-order valence-electron chi connectivity index (χ2n) is 3.77. The van der Waals surface area contributed by atoms with Crippen LogP contribution in [0.5, 0.6) is 0 Å². The number of aliphatic hydroxyl groups excluding tert-OH is 1. The van der Waals surface area contributed by atoms with Crippen molar-refractivity contribution in [2.75, 3.05) is 0 Å². The predicted octanol–water partition coefficient (Wildman–Crippen LogP) is 2.83. The van der Waals surface area contributed by atoms with E-state index in [9.17, 15) is 13.9 Å². The van der Waals surface area contributed by atoms with Crippen molar-refractivity contribution >= 4 is 0 Å². The van der Waals surface area contributed by atoms with Gasteiger partial charge in [0.05, 0.1) is 6.10 Å². The molecular weight excluding hydrogens is 198 g/mol. The van der Waals surface area contributed by atoms with Crippen LogP contribution in [0.4, 0.5) is 8.78 Å². The lowest BCUT2D eigenvalue weighted by Crippen LogP contribution is -2.10. The number of hydrogen-bond donors (Lipinski definition) is 1. The standard InChI is InChI=1S/C12H14F2O/c1-8(2)5-10(15)6-9-3-4-11(13)12(14)7-9/h3-4,7,10,15H,1,5-6H2,2H3. The number of halogens is 2. The summed E-state index contributed by atoms with van der Waals surface area (Å²) in [7, 11) is 0. The highest BCUT2D eigenvalue weighted by Gasteiger charge is 2.08. The maximum absolute atomic E-state index is 12.8. The van der Waals surface area contributed by atoms with Crippen LogP contribution in [0.1, 0.15) is 18.9 Å². The molecule has 1 aromatic carbocycles. The molecule has 1 atom stereocenters. The molecule has 0 saturated heterocycles. The zero-order valence-electron chi connectivity index (χ0n) is 8.63. The Morgan fingerprint density at radius 1 is 1.40 bits per heavy atom. The minimum absolute atomic E-state index is 0.310. The van der Waals surface area contributed by atoms with E-state index in [1.165, 1.54) is 6.07 Å². The van der Waals surface area contributed by atoms with Crippen LogP contribution < -0.4 is 0 Å². The Labute approximate surface area is 88.1 Å². The molecule has 0 aliphatic carbocycles. The lowest BCUT2D eigenvalue weighted by atomic mass is 10.0.